The van der Waals surface area contributed by atoms with E-state index in [0.717, 1.165) is 21.0 Å². The van der Waals surface area contributed by atoms with Gasteiger partial charge in [-0.15, -0.1) is 11.3 Å². The van der Waals surface area contributed by atoms with Crippen molar-refractivity contribution in [1.82, 2.24) is 9.88 Å². The van der Waals surface area contributed by atoms with E-state index in [9.17, 15) is 4.79 Å². The van der Waals surface area contributed by atoms with Crippen LogP contribution < -0.4 is 5.73 Å². The smallest absolute Gasteiger partial charge is 0.266 e. The summed E-state index contributed by atoms with van der Waals surface area (Å²) in [6.45, 7) is 5.31. The van der Waals surface area contributed by atoms with Gasteiger partial charge in [-0.25, -0.2) is 0 Å². The molecule has 0 aliphatic heterocycles. The zero-order valence-electron chi connectivity index (χ0n) is 12.1. The minimum atomic E-state index is 0.00258. The van der Waals surface area contributed by atoms with Crippen LogP contribution in [0.5, 0.6) is 0 Å². The molecule has 0 fully saturated rings. The lowest BCUT2D eigenvalue weighted by Gasteiger charge is -2.17. The van der Waals surface area contributed by atoms with Gasteiger partial charge in [-0.3, -0.25) is 9.78 Å². The van der Waals surface area contributed by atoms with Crippen molar-refractivity contribution in [3.8, 4) is 0 Å². The van der Waals surface area contributed by atoms with Crippen LogP contribution in [0.15, 0.2) is 30.5 Å². The molecule has 108 valence electrons. The molecule has 5 heteroatoms. The Hall–Kier alpha value is -2.14. The predicted octanol–water partition coefficient (Wildman–Crippen LogP) is 3.51. The highest BCUT2D eigenvalue weighted by Crippen LogP contribution is 2.37. The summed E-state index contributed by atoms with van der Waals surface area (Å²) in [5.41, 5.74) is 7.67. The van der Waals surface area contributed by atoms with E-state index >= 15 is 0 Å². The number of fused-ring (bicyclic) bond motifs is 3. The lowest BCUT2D eigenvalue weighted by Crippen LogP contribution is -2.30. The first-order valence-corrected chi connectivity index (χ1v) is 7.84. The number of carbonyl (C=O) groups excluding carboxylic acids is 1. The van der Waals surface area contributed by atoms with Crippen molar-refractivity contribution in [2.24, 2.45) is 0 Å². The van der Waals surface area contributed by atoms with Gasteiger partial charge in [0.05, 0.1) is 11.2 Å². The summed E-state index contributed by atoms with van der Waals surface area (Å²) in [7, 11) is 0. The van der Waals surface area contributed by atoms with Crippen LogP contribution in [0.1, 0.15) is 23.5 Å². The van der Waals surface area contributed by atoms with Crippen LogP contribution in [0.25, 0.3) is 21.0 Å². The molecule has 0 radical (unpaired) electrons. The second-order valence-electron chi connectivity index (χ2n) is 4.84. The van der Waals surface area contributed by atoms with Gasteiger partial charge in [0.25, 0.3) is 5.91 Å². The van der Waals surface area contributed by atoms with E-state index in [4.69, 9.17) is 5.73 Å². The van der Waals surface area contributed by atoms with Crippen molar-refractivity contribution in [1.29, 1.82) is 0 Å². The van der Waals surface area contributed by atoms with Crippen LogP contribution in [0.2, 0.25) is 0 Å². The third kappa shape index (κ3) is 2.14. The van der Waals surface area contributed by atoms with Crippen molar-refractivity contribution < 1.29 is 4.79 Å². The Balaban J connectivity index is 2.24. The molecule has 0 saturated heterocycles. The SMILES string of the molecule is CCN(CC)C(=O)c1sc2c(cnc3ccccc32)c1N. The number of pyridine rings is 1. The molecule has 2 aromatic heterocycles. The van der Waals surface area contributed by atoms with Gasteiger partial charge in [-0.1, -0.05) is 18.2 Å². The van der Waals surface area contributed by atoms with Gasteiger partial charge in [-0.05, 0) is 19.9 Å². The molecule has 0 saturated carbocycles. The van der Waals surface area contributed by atoms with E-state index in [2.05, 4.69) is 4.98 Å². The van der Waals surface area contributed by atoms with Gasteiger partial charge in [0.15, 0.2) is 0 Å². The number of nitrogens with zero attached hydrogens (tertiary/aromatic N) is 2. The minimum absolute atomic E-state index is 0.00258. The summed E-state index contributed by atoms with van der Waals surface area (Å²) in [5, 5.41) is 1.92. The molecule has 3 rings (SSSR count). The molecule has 0 atom stereocenters. The second kappa shape index (κ2) is 5.33. The Morgan fingerprint density at radius 2 is 1.95 bits per heavy atom. The first-order chi connectivity index (χ1) is 10.2. The first-order valence-electron chi connectivity index (χ1n) is 7.02. The zero-order valence-corrected chi connectivity index (χ0v) is 12.9. The van der Waals surface area contributed by atoms with E-state index in [-0.39, 0.29) is 5.91 Å². The highest BCUT2D eigenvalue weighted by Gasteiger charge is 2.21. The maximum absolute atomic E-state index is 12.6. The average Bonchev–Trinajstić information content (AvgIpc) is 2.86. The van der Waals surface area contributed by atoms with Crippen LogP contribution in [-0.4, -0.2) is 28.9 Å². The van der Waals surface area contributed by atoms with Crippen molar-refractivity contribution >= 4 is 43.9 Å². The molecule has 2 N–H and O–H groups in total. The Kier molecular flexibility index (Phi) is 3.51. The summed E-state index contributed by atoms with van der Waals surface area (Å²) in [5.74, 6) is 0.00258. The summed E-state index contributed by atoms with van der Waals surface area (Å²) in [4.78, 5) is 19.4. The van der Waals surface area contributed by atoms with E-state index in [0.29, 0.717) is 23.7 Å². The molecule has 2 heterocycles. The molecule has 0 bridgehead atoms. The van der Waals surface area contributed by atoms with Gasteiger partial charge < -0.3 is 10.6 Å². The number of para-hydroxylation sites is 1. The Morgan fingerprint density at radius 1 is 1.24 bits per heavy atom. The number of thiophene rings is 1. The number of nitrogens with two attached hydrogens (primary N) is 1. The molecule has 4 nitrogen and oxygen atoms in total. The topological polar surface area (TPSA) is 59.2 Å². The summed E-state index contributed by atoms with van der Waals surface area (Å²) in [6.07, 6.45) is 1.77. The van der Waals surface area contributed by atoms with Crippen molar-refractivity contribution in [3.63, 3.8) is 0 Å². The number of amides is 1. The third-order valence-electron chi connectivity index (χ3n) is 3.71. The van der Waals surface area contributed by atoms with Crippen molar-refractivity contribution in [2.75, 3.05) is 18.8 Å². The lowest BCUT2D eigenvalue weighted by molar-refractivity contribution is 0.0779. The molecule has 1 amide bonds. The number of hydrogen-bond acceptors (Lipinski definition) is 4. The molecular formula is C16H17N3OS. The average molecular weight is 299 g/mol. The molecule has 0 unspecified atom stereocenters. The Morgan fingerprint density at radius 3 is 2.67 bits per heavy atom. The zero-order chi connectivity index (χ0) is 15.0. The normalized spacial score (nSPS) is 11.1. The number of nitrogen functional groups attached to an aromatic ring is 1. The van der Waals surface area contributed by atoms with Crippen molar-refractivity contribution in [3.05, 3.63) is 35.3 Å². The monoisotopic (exact) mass is 299 g/mol. The van der Waals surface area contributed by atoms with Crippen LogP contribution in [-0.2, 0) is 0 Å². The molecular weight excluding hydrogens is 282 g/mol. The number of hydrogen-bond donors (Lipinski definition) is 1. The second-order valence-corrected chi connectivity index (χ2v) is 5.86. The van der Waals surface area contributed by atoms with E-state index < -0.39 is 0 Å². The van der Waals surface area contributed by atoms with Gasteiger partial charge in [0.2, 0.25) is 0 Å². The van der Waals surface area contributed by atoms with Crippen LogP contribution in [0.4, 0.5) is 5.69 Å². The molecule has 1 aromatic carbocycles. The van der Waals surface area contributed by atoms with Gasteiger partial charge in [0, 0.05) is 34.8 Å². The van der Waals surface area contributed by atoms with E-state index in [1.807, 2.05) is 38.1 Å². The fourth-order valence-electron chi connectivity index (χ4n) is 2.51. The lowest BCUT2D eigenvalue weighted by atomic mass is 10.1. The van der Waals surface area contributed by atoms with Gasteiger partial charge >= 0.3 is 0 Å². The number of rotatable bonds is 3. The third-order valence-corrected chi connectivity index (χ3v) is 4.95. The number of anilines is 1. The maximum atomic E-state index is 12.6. The molecule has 3 aromatic rings. The largest absolute Gasteiger partial charge is 0.397 e. The Bertz CT molecular complexity index is 821. The van der Waals surface area contributed by atoms with E-state index in [1.165, 1.54) is 11.3 Å². The molecule has 0 aliphatic rings. The highest BCUT2D eigenvalue weighted by molar-refractivity contribution is 7.22. The fraction of sp³-hybridized carbons (Fsp3) is 0.250. The minimum Gasteiger partial charge on any atom is -0.397 e. The van der Waals surface area contributed by atoms with Gasteiger partial charge in [-0.2, -0.15) is 0 Å². The highest BCUT2D eigenvalue weighted by atomic mass is 32.1. The molecule has 21 heavy (non-hydrogen) atoms. The van der Waals surface area contributed by atoms with E-state index in [1.54, 1.807) is 11.1 Å². The summed E-state index contributed by atoms with van der Waals surface area (Å²) in [6, 6.07) is 7.92. The summed E-state index contributed by atoms with van der Waals surface area (Å²) < 4.78 is 1.04. The van der Waals surface area contributed by atoms with Crippen molar-refractivity contribution in [2.45, 2.75) is 13.8 Å². The summed E-state index contributed by atoms with van der Waals surface area (Å²) >= 11 is 1.46. The Labute approximate surface area is 127 Å². The fourth-order valence-corrected chi connectivity index (χ4v) is 3.71. The standard InChI is InChI=1S/C16H17N3OS/c1-3-19(4-2)16(20)15-13(17)11-9-18-12-8-6-5-7-10(12)14(11)21-15/h5-9H,3-4,17H2,1-2H3. The predicted molar refractivity (Wildman–Crippen MR) is 88.8 cm³/mol. The van der Waals surface area contributed by atoms with Crippen LogP contribution >= 0.6 is 11.3 Å². The number of aromatic nitrogens is 1. The van der Waals surface area contributed by atoms with Crippen LogP contribution in [0.3, 0.4) is 0 Å². The number of benzene rings is 1. The quantitative estimate of drug-likeness (QED) is 0.805. The number of carbonyl (C=O) groups is 1. The maximum Gasteiger partial charge on any atom is 0.266 e. The van der Waals surface area contributed by atoms with Crippen LogP contribution in [0, 0.1) is 0 Å². The molecule has 0 spiro atoms. The first kappa shape index (κ1) is 13.8. The molecule has 0 aliphatic carbocycles. The van der Waals surface area contributed by atoms with Gasteiger partial charge in [0.1, 0.15) is 4.88 Å².